The highest BCUT2D eigenvalue weighted by Gasteiger charge is 2.34. The fourth-order valence-corrected chi connectivity index (χ4v) is 4.23. The first-order valence-electron chi connectivity index (χ1n) is 19.7. The lowest BCUT2D eigenvalue weighted by molar-refractivity contribution is -0.130. The molecule has 0 fully saturated rings. The summed E-state index contributed by atoms with van der Waals surface area (Å²) in [7, 11) is 1.70. The van der Waals surface area contributed by atoms with Gasteiger partial charge in [-0.3, -0.25) is 19.2 Å². The molecule has 1 aromatic carbocycles. The molecule has 1 rings (SSSR count). The molecule has 320 valence electrons. The minimum absolute atomic E-state index is 0.0616. The molecular weight excluding hydrogens is 710 g/mol. The van der Waals surface area contributed by atoms with E-state index in [0.29, 0.717) is 71.6 Å². The van der Waals surface area contributed by atoms with E-state index in [1.807, 2.05) is 58.0 Å². The van der Waals surface area contributed by atoms with Crippen LogP contribution in [0.5, 0.6) is 0 Å². The number of methoxy groups -OCH3 is 1. The maximum atomic E-state index is 12.8. The SMILES string of the molecule is CC.CC.COCc1ccccc1.NCCCNC(=O)CCOCC(COCCC(=O)NCCCN)(COCCC(=O)NCCCN)NC(=O)CCCC=O. The second-order valence-corrected chi connectivity index (χ2v) is 11.7. The summed E-state index contributed by atoms with van der Waals surface area (Å²) in [5, 5.41) is 11.1. The van der Waals surface area contributed by atoms with Crippen LogP contribution in [0.2, 0.25) is 0 Å². The number of ether oxygens (including phenoxy) is 4. The van der Waals surface area contributed by atoms with Crippen molar-refractivity contribution in [2.24, 2.45) is 17.2 Å². The van der Waals surface area contributed by atoms with Crippen molar-refractivity contribution in [3.63, 3.8) is 0 Å². The number of nitrogens with one attached hydrogen (secondary N) is 4. The van der Waals surface area contributed by atoms with Crippen LogP contribution in [0, 0.1) is 0 Å². The van der Waals surface area contributed by atoms with E-state index >= 15 is 0 Å². The third kappa shape index (κ3) is 37.2. The summed E-state index contributed by atoms with van der Waals surface area (Å²) in [5.74, 6) is -0.923. The van der Waals surface area contributed by atoms with E-state index < -0.39 is 5.54 Å². The number of unbranched alkanes of at least 4 members (excludes halogenated alkanes) is 1. The van der Waals surface area contributed by atoms with Crippen LogP contribution in [-0.4, -0.2) is 121 Å². The zero-order valence-corrected chi connectivity index (χ0v) is 34.4. The highest BCUT2D eigenvalue weighted by molar-refractivity contribution is 5.77. The Labute approximate surface area is 330 Å². The van der Waals surface area contributed by atoms with Crippen molar-refractivity contribution in [1.29, 1.82) is 0 Å². The van der Waals surface area contributed by atoms with Crippen molar-refractivity contribution in [1.82, 2.24) is 21.3 Å². The first kappa shape index (κ1) is 55.8. The zero-order chi connectivity index (χ0) is 41.8. The minimum atomic E-state index is -1.18. The Morgan fingerprint density at radius 1 is 0.618 bits per heavy atom. The zero-order valence-electron chi connectivity index (χ0n) is 34.4. The van der Waals surface area contributed by atoms with Crippen molar-refractivity contribution < 1.29 is 42.9 Å². The molecule has 0 atom stereocenters. The smallest absolute Gasteiger partial charge is 0.222 e. The molecule has 0 aliphatic heterocycles. The van der Waals surface area contributed by atoms with Gasteiger partial charge in [0.05, 0.1) is 46.2 Å². The predicted molar refractivity (Wildman–Crippen MR) is 217 cm³/mol. The van der Waals surface area contributed by atoms with Gasteiger partial charge >= 0.3 is 0 Å². The normalized spacial score (nSPS) is 10.3. The standard InChI is InChI=1S/C27H53N7O8.C8H10O.2C2H6/c28-10-3-13-31-23(36)7-17-40-20-27(34-26(39)6-1-2-16-35,21-41-18-8-24(37)32-14-4-11-29)22-42-19-9-25(38)33-15-5-12-30;1-9-7-8-5-3-2-4-6-8;2*1-2/h16H,1-15,17-22,28-30H2,(H,31,36)(H,32,37)(H,33,38)(H,34,39);2-6H,7H2,1H3;2*1-2H3. The van der Waals surface area contributed by atoms with Gasteiger partial charge in [0.2, 0.25) is 23.6 Å². The number of benzene rings is 1. The third-order valence-electron chi connectivity index (χ3n) is 6.95. The van der Waals surface area contributed by atoms with Crippen LogP contribution in [0.15, 0.2) is 30.3 Å². The topological polar surface area (TPSA) is 248 Å². The Hall–Kier alpha value is -3.51. The lowest BCUT2D eigenvalue weighted by Crippen LogP contribution is -2.58. The second-order valence-electron chi connectivity index (χ2n) is 11.7. The van der Waals surface area contributed by atoms with E-state index in [1.54, 1.807) is 7.11 Å². The maximum Gasteiger partial charge on any atom is 0.222 e. The van der Waals surface area contributed by atoms with Gasteiger partial charge in [-0.15, -0.1) is 0 Å². The van der Waals surface area contributed by atoms with E-state index in [2.05, 4.69) is 21.3 Å². The average molecular weight is 786 g/mol. The number of nitrogens with two attached hydrogens (primary N) is 3. The van der Waals surface area contributed by atoms with Crippen LogP contribution in [0.4, 0.5) is 0 Å². The van der Waals surface area contributed by atoms with E-state index in [0.717, 1.165) is 6.29 Å². The first-order chi connectivity index (χ1) is 26.7. The number of rotatable bonds is 31. The highest BCUT2D eigenvalue weighted by Crippen LogP contribution is 2.12. The van der Waals surface area contributed by atoms with Gasteiger partial charge in [0.25, 0.3) is 0 Å². The lowest BCUT2D eigenvalue weighted by Gasteiger charge is -2.34. The Morgan fingerprint density at radius 2 is 1.02 bits per heavy atom. The molecule has 0 radical (unpaired) electrons. The van der Waals surface area contributed by atoms with Crippen molar-refractivity contribution in [3.8, 4) is 0 Å². The molecule has 0 aliphatic carbocycles. The second kappa shape index (κ2) is 43.2. The van der Waals surface area contributed by atoms with E-state index in [-0.39, 0.29) is 95.4 Å². The van der Waals surface area contributed by atoms with Crippen LogP contribution in [0.1, 0.15) is 91.0 Å². The van der Waals surface area contributed by atoms with Gasteiger partial charge in [-0.05, 0) is 50.9 Å². The Bertz CT molecular complexity index is 980. The van der Waals surface area contributed by atoms with Crippen molar-refractivity contribution >= 4 is 29.9 Å². The van der Waals surface area contributed by atoms with Gasteiger partial charge < -0.3 is 62.2 Å². The third-order valence-corrected chi connectivity index (χ3v) is 6.95. The highest BCUT2D eigenvalue weighted by atomic mass is 16.5. The molecule has 4 amide bonds. The van der Waals surface area contributed by atoms with E-state index in [9.17, 15) is 24.0 Å². The molecule has 0 aromatic heterocycles. The van der Waals surface area contributed by atoms with Gasteiger partial charge in [-0.2, -0.15) is 0 Å². The van der Waals surface area contributed by atoms with Crippen molar-refractivity contribution in [2.75, 3.05) is 86.0 Å². The molecule has 16 heteroatoms. The monoisotopic (exact) mass is 786 g/mol. The minimum Gasteiger partial charge on any atom is -0.380 e. The van der Waals surface area contributed by atoms with Crippen LogP contribution in [-0.2, 0) is 49.5 Å². The first-order valence-corrected chi connectivity index (χ1v) is 19.7. The molecule has 1 aromatic rings. The van der Waals surface area contributed by atoms with Gasteiger partial charge in [-0.25, -0.2) is 0 Å². The average Bonchev–Trinajstić information content (AvgIpc) is 3.19. The number of hydrogen-bond donors (Lipinski definition) is 7. The molecule has 0 aliphatic rings. The molecule has 10 N–H and O–H groups in total. The van der Waals surface area contributed by atoms with Gasteiger partial charge in [0.1, 0.15) is 11.8 Å². The Morgan fingerprint density at radius 3 is 1.36 bits per heavy atom. The quantitative estimate of drug-likeness (QED) is 0.0420. The number of carbonyl (C=O) groups excluding carboxylic acids is 5. The fraction of sp³-hybridized carbons (Fsp3) is 0.718. The van der Waals surface area contributed by atoms with Crippen LogP contribution in [0.3, 0.4) is 0 Å². The van der Waals surface area contributed by atoms with E-state index in [4.69, 9.17) is 36.1 Å². The number of hydrogen-bond acceptors (Lipinski definition) is 12. The molecule has 0 unspecified atom stereocenters. The molecule has 16 nitrogen and oxygen atoms in total. The summed E-state index contributed by atoms with van der Waals surface area (Å²) in [6.07, 6.45) is 3.72. The molecular formula is C39H75N7O9. The number of aldehydes is 1. The largest absolute Gasteiger partial charge is 0.380 e. The number of carbonyl (C=O) groups is 5. The van der Waals surface area contributed by atoms with Gasteiger partial charge in [0, 0.05) is 58.8 Å². The van der Waals surface area contributed by atoms with E-state index in [1.165, 1.54) is 5.56 Å². The Balaban J connectivity index is -0.00000176. The van der Waals surface area contributed by atoms with Crippen LogP contribution >= 0.6 is 0 Å². The summed E-state index contributed by atoms with van der Waals surface area (Å²) in [6, 6.07) is 10.1. The van der Waals surface area contributed by atoms with Gasteiger partial charge in [0.15, 0.2) is 0 Å². The summed E-state index contributed by atoms with van der Waals surface area (Å²) in [6.45, 7) is 11.6. The maximum absolute atomic E-state index is 12.8. The summed E-state index contributed by atoms with van der Waals surface area (Å²) in [4.78, 5) is 59.6. The molecule has 0 saturated heterocycles. The molecule has 0 spiro atoms. The number of amides is 4. The summed E-state index contributed by atoms with van der Waals surface area (Å²) >= 11 is 0. The van der Waals surface area contributed by atoms with Crippen molar-refractivity contribution in [2.45, 2.75) is 97.6 Å². The predicted octanol–water partition coefficient (Wildman–Crippen LogP) is 1.71. The molecule has 55 heavy (non-hydrogen) atoms. The molecule has 0 heterocycles. The van der Waals surface area contributed by atoms with Gasteiger partial charge in [-0.1, -0.05) is 58.0 Å². The molecule has 0 bridgehead atoms. The Kier molecular flexibility index (Phi) is 43.9. The summed E-state index contributed by atoms with van der Waals surface area (Å²) < 4.78 is 22.3. The fourth-order valence-electron chi connectivity index (χ4n) is 4.23. The lowest BCUT2D eigenvalue weighted by atomic mass is 10.0. The summed E-state index contributed by atoms with van der Waals surface area (Å²) in [5.41, 5.74) is 16.4. The van der Waals surface area contributed by atoms with Crippen LogP contribution < -0.4 is 38.5 Å². The van der Waals surface area contributed by atoms with Crippen LogP contribution in [0.25, 0.3) is 0 Å². The molecule has 0 saturated carbocycles. The van der Waals surface area contributed by atoms with Crippen molar-refractivity contribution in [3.05, 3.63) is 35.9 Å².